The van der Waals surface area contributed by atoms with Crippen molar-refractivity contribution in [2.75, 3.05) is 25.2 Å². The number of hydrogen-bond acceptors (Lipinski definition) is 5. The molecule has 0 aliphatic carbocycles. The predicted octanol–water partition coefficient (Wildman–Crippen LogP) is 4.91. The van der Waals surface area contributed by atoms with Crippen LogP contribution in [-0.4, -0.2) is 50.5 Å². The molecule has 2 aliphatic rings. The molecule has 1 aromatic rings. The number of carbonyl (C=O) groups is 1. The number of methoxy groups -OCH3 is 1. The fourth-order valence-corrected chi connectivity index (χ4v) is 8.30. The molecule has 2 aliphatic heterocycles. The number of amides is 1. The number of carbonyl (C=O) groups excluding carboxylic acids is 1. The third-order valence-electron chi connectivity index (χ3n) is 7.32. The van der Waals surface area contributed by atoms with Gasteiger partial charge in [-0.05, 0) is 71.3 Å². The van der Waals surface area contributed by atoms with Gasteiger partial charge >= 0.3 is 0 Å². The minimum Gasteiger partial charge on any atom is -0.497 e. The van der Waals surface area contributed by atoms with E-state index in [9.17, 15) is 14.7 Å². The smallest absolute Gasteiger partial charge is 0.264 e. The van der Waals surface area contributed by atoms with Gasteiger partial charge in [0, 0.05) is 30.2 Å². The number of aliphatic hydroxyl groups excluding tert-OH is 1. The second-order valence-corrected chi connectivity index (χ2v) is 14.5. The Balaban J connectivity index is 2.02. The molecule has 3 rings (SSSR count). The van der Waals surface area contributed by atoms with E-state index in [1.807, 2.05) is 38.2 Å². The Kier molecular flexibility index (Phi) is 8.13. The second-order valence-electron chi connectivity index (χ2n) is 10.5. The van der Waals surface area contributed by atoms with E-state index in [0.717, 1.165) is 24.1 Å². The summed E-state index contributed by atoms with van der Waals surface area (Å²) in [6.07, 6.45) is 6.30. The number of allylic oxidation sites excluding steroid dienone is 3. The molecule has 34 heavy (non-hydrogen) atoms. The summed E-state index contributed by atoms with van der Waals surface area (Å²) in [7, 11) is -1.08. The van der Waals surface area contributed by atoms with Crippen molar-refractivity contribution in [2.24, 2.45) is 5.92 Å². The Hall–Kier alpha value is -1.93. The fourth-order valence-electron chi connectivity index (χ4n) is 5.70. The monoisotopic (exact) mass is 487 g/mol. The van der Waals surface area contributed by atoms with Crippen LogP contribution in [-0.2, 0) is 15.1 Å². The Morgan fingerprint density at radius 1 is 1.26 bits per heavy atom. The van der Waals surface area contributed by atoms with E-state index in [-0.39, 0.29) is 30.1 Å². The van der Waals surface area contributed by atoms with Crippen molar-refractivity contribution in [3.8, 4) is 5.75 Å². The average Bonchev–Trinajstić information content (AvgIpc) is 3.18. The minimum atomic E-state index is -2.69. The summed E-state index contributed by atoms with van der Waals surface area (Å²) in [6, 6.07) is 5.70. The number of anilines is 1. The number of fused-ring (bicyclic) bond motifs is 2. The van der Waals surface area contributed by atoms with Crippen LogP contribution in [0.25, 0.3) is 0 Å². The van der Waals surface area contributed by atoms with Gasteiger partial charge in [-0.2, -0.15) is 0 Å². The van der Waals surface area contributed by atoms with Crippen molar-refractivity contribution >= 4 is 19.9 Å². The third-order valence-corrected chi connectivity index (χ3v) is 9.82. The van der Waals surface area contributed by atoms with Gasteiger partial charge in [-0.3, -0.25) is 4.79 Å². The highest BCUT2D eigenvalue weighted by atomic mass is 28.4. The molecule has 1 amide bonds. The molecule has 1 saturated heterocycles. The lowest BCUT2D eigenvalue weighted by molar-refractivity contribution is -0.146. The molecule has 7 heteroatoms. The molecule has 6 nitrogen and oxygen atoms in total. The van der Waals surface area contributed by atoms with Crippen LogP contribution in [0.5, 0.6) is 5.75 Å². The van der Waals surface area contributed by atoms with Crippen molar-refractivity contribution in [1.82, 2.24) is 0 Å². The number of aliphatic hydroxyl groups is 1. The molecule has 2 N–H and O–H groups in total. The molecule has 188 valence electrons. The van der Waals surface area contributed by atoms with E-state index in [0.29, 0.717) is 18.7 Å². The maximum Gasteiger partial charge on any atom is 0.264 e. The molecule has 4 atom stereocenters. The Bertz CT molecular complexity index is 962. The Labute approximate surface area is 205 Å². The molecule has 1 aromatic carbocycles. The number of benzene rings is 1. The van der Waals surface area contributed by atoms with Crippen LogP contribution < -0.4 is 9.64 Å². The Morgan fingerprint density at radius 2 is 1.97 bits per heavy atom. The fraction of sp³-hybridized carbons (Fsp3) is 0.593. The molecule has 0 radical (unpaired) electrons. The van der Waals surface area contributed by atoms with E-state index in [2.05, 4.69) is 32.9 Å². The molecular weight excluding hydrogens is 446 g/mol. The van der Waals surface area contributed by atoms with E-state index in [1.165, 1.54) is 11.1 Å². The molecule has 0 saturated carbocycles. The van der Waals surface area contributed by atoms with Gasteiger partial charge in [0.1, 0.15) is 5.75 Å². The normalized spacial score (nSPS) is 26.9. The van der Waals surface area contributed by atoms with Gasteiger partial charge in [-0.25, -0.2) is 0 Å². The van der Waals surface area contributed by atoms with Crippen molar-refractivity contribution in [2.45, 2.75) is 77.3 Å². The SMILES string of the molecule is COc1ccc2c(c1)[C@]1(O[C@@H](CCO)[C@H]([Si](C)(C)O)[C@H]1C)C(=O)N2C/C=C(\C)CCC=C(C)C. The predicted molar refractivity (Wildman–Crippen MR) is 139 cm³/mol. The van der Waals surface area contributed by atoms with Crippen molar-refractivity contribution < 1.29 is 24.2 Å². The summed E-state index contributed by atoms with van der Waals surface area (Å²) in [4.78, 5) is 27.1. The Morgan fingerprint density at radius 3 is 2.56 bits per heavy atom. The molecule has 0 aromatic heterocycles. The molecule has 1 spiro atoms. The zero-order valence-electron chi connectivity index (χ0n) is 21.7. The summed E-state index contributed by atoms with van der Waals surface area (Å²) in [5.74, 6) is 0.335. The van der Waals surface area contributed by atoms with Crippen LogP contribution in [0.4, 0.5) is 5.69 Å². The number of ether oxygens (including phenoxy) is 2. The standard InChI is InChI=1S/C27H41NO5Si/c1-18(2)9-8-10-19(3)13-15-28-23-12-11-21(32-5)17-22(23)27(26(28)30)20(4)25(34(6,7)31)24(33-27)14-16-29/h9,11-13,17,20,24-25,29,31H,8,10,14-16H2,1-7H3/b19-13+/t20-,24+,25-,27+/m1/s1. The van der Waals surface area contributed by atoms with Gasteiger partial charge in [0.05, 0.1) is 18.9 Å². The largest absolute Gasteiger partial charge is 0.497 e. The van der Waals surface area contributed by atoms with Crippen molar-refractivity contribution in [3.63, 3.8) is 0 Å². The molecule has 0 bridgehead atoms. The van der Waals surface area contributed by atoms with Gasteiger partial charge in [-0.15, -0.1) is 0 Å². The first-order valence-electron chi connectivity index (χ1n) is 12.3. The summed E-state index contributed by atoms with van der Waals surface area (Å²) in [6.45, 7) is 12.5. The van der Waals surface area contributed by atoms with Crippen LogP contribution in [0.2, 0.25) is 18.6 Å². The molecule has 1 fully saturated rings. The van der Waals surface area contributed by atoms with Crippen LogP contribution in [0.1, 0.15) is 52.5 Å². The molecular formula is C27H41NO5Si. The van der Waals surface area contributed by atoms with E-state index in [1.54, 1.807) is 12.0 Å². The van der Waals surface area contributed by atoms with Gasteiger partial charge in [0.25, 0.3) is 5.91 Å². The minimum absolute atomic E-state index is 0.0507. The van der Waals surface area contributed by atoms with Crippen LogP contribution in [0, 0.1) is 5.92 Å². The zero-order chi connectivity index (χ0) is 25.3. The third kappa shape index (κ3) is 4.89. The van der Waals surface area contributed by atoms with Gasteiger partial charge < -0.3 is 24.3 Å². The van der Waals surface area contributed by atoms with E-state index >= 15 is 0 Å². The lowest BCUT2D eigenvalue weighted by atomic mass is 9.82. The van der Waals surface area contributed by atoms with Crippen LogP contribution in [0.15, 0.2) is 41.5 Å². The first-order chi connectivity index (χ1) is 16.0. The lowest BCUT2D eigenvalue weighted by Gasteiger charge is -2.32. The van der Waals surface area contributed by atoms with Crippen LogP contribution in [0.3, 0.4) is 0 Å². The van der Waals surface area contributed by atoms with Gasteiger partial charge in [0.15, 0.2) is 13.9 Å². The summed E-state index contributed by atoms with van der Waals surface area (Å²) in [5, 5.41) is 9.70. The highest BCUT2D eigenvalue weighted by Crippen LogP contribution is 2.59. The number of rotatable bonds is 9. The number of hydrogen-bond donors (Lipinski definition) is 2. The van der Waals surface area contributed by atoms with Gasteiger partial charge in [0.2, 0.25) is 0 Å². The highest BCUT2D eigenvalue weighted by molar-refractivity contribution is 6.71. The highest BCUT2D eigenvalue weighted by Gasteiger charge is 2.66. The van der Waals surface area contributed by atoms with Crippen LogP contribution >= 0.6 is 0 Å². The van der Waals surface area contributed by atoms with Gasteiger partial charge in [-0.1, -0.05) is 30.2 Å². The molecule has 0 unspecified atom stereocenters. The second kappa shape index (κ2) is 10.4. The van der Waals surface area contributed by atoms with Crippen molar-refractivity contribution in [1.29, 1.82) is 0 Å². The molecule has 2 heterocycles. The van der Waals surface area contributed by atoms with E-state index in [4.69, 9.17) is 9.47 Å². The summed E-state index contributed by atoms with van der Waals surface area (Å²) in [5.41, 5.74) is 2.80. The topological polar surface area (TPSA) is 79.2 Å². The van der Waals surface area contributed by atoms with E-state index < -0.39 is 13.9 Å². The summed E-state index contributed by atoms with van der Waals surface area (Å²) >= 11 is 0. The quantitative estimate of drug-likeness (QED) is 0.382. The van der Waals surface area contributed by atoms with Crippen molar-refractivity contribution in [3.05, 3.63) is 47.1 Å². The lowest BCUT2D eigenvalue weighted by Crippen LogP contribution is -2.46. The maximum atomic E-state index is 14.1. The first-order valence-corrected chi connectivity index (χ1v) is 15.3. The summed E-state index contributed by atoms with van der Waals surface area (Å²) < 4.78 is 12.1. The maximum absolute atomic E-state index is 14.1. The number of nitrogens with zero attached hydrogens (tertiary/aromatic N) is 1. The zero-order valence-corrected chi connectivity index (χ0v) is 22.7. The first kappa shape index (κ1) is 26.7. The average molecular weight is 488 g/mol.